The number of carbonyl (C=O) groups is 1. The first kappa shape index (κ1) is 19.7. The van der Waals surface area contributed by atoms with Crippen LogP contribution in [-0.2, 0) is 4.79 Å². The lowest BCUT2D eigenvalue weighted by atomic mass is 9.78. The second-order valence-corrected chi connectivity index (χ2v) is 8.64. The predicted molar refractivity (Wildman–Crippen MR) is 107 cm³/mol. The molecule has 1 fully saturated rings. The molecule has 6 nitrogen and oxygen atoms in total. The minimum atomic E-state index is -0.247. The Morgan fingerprint density at radius 2 is 2.19 bits per heavy atom. The molecule has 0 bridgehead atoms. The number of thioether (sulfide) groups is 1. The van der Waals surface area contributed by atoms with Gasteiger partial charge in [0.15, 0.2) is 5.16 Å². The van der Waals surface area contributed by atoms with Crippen LogP contribution in [0.3, 0.4) is 0 Å². The Kier molecular flexibility index (Phi) is 6.42. The number of hydrogen-bond acceptors (Lipinski definition) is 5. The Hall–Kier alpha value is -2.02. The first-order chi connectivity index (χ1) is 13.0. The van der Waals surface area contributed by atoms with Crippen LogP contribution in [0.15, 0.2) is 35.7 Å². The highest BCUT2D eigenvalue weighted by atomic mass is 32.2. The van der Waals surface area contributed by atoms with Crippen molar-refractivity contribution in [3.8, 4) is 11.4 Å². The Morgan fingerprint density at radius 1 is 1.37 bits per heavy atom. The molecule has 1 aliphatic carbocycles. The summed E-state index contributed by atoms with van der Waals surface area (Å²) >= 11 is 1.42. The van der Waals surface area contributed by atoms with Gasteiger partial charge in [-0.15, -0.1) is 10.2 Å². The zero-order chi connectivity index (χ0) is 19.4. The van der Waals surface area contributed by atoms with Crippen LogP contribution in [-0.4, -0.2) is 39.1 Å². The van der Waals surface area contributed by atoms with E-state index in [0.29, 0.717) is 17.0 Å². The highest BCUT2D eigenvalue weighted by Crippen LogP contribution is 2.30. The summed E-state index contributed by atoms with van der Waals surface area (Å²) in [7, 11) is 1.64. The van der Waals surface area contributed by atoms with Crippen LogP contribution in [0.1, 0.15) is 40.0 Å². The zero-order valence-electron chi connectivity index (χ0n) is 16.4. The van der Waals surface area contributed by atoms with Crippen molar-refractivity contribution in [2.24, 2.45) is 11.8 Å². The molecular formula is C20H28N4O2S. The topological polar surface area (TPSA) is 69.0 Å². The zero-order valence-corrected chi connectivity index (χ0v) is 17.2. The molecule has 0 saturated heterocycles. The van der Waals surface area contributed by atoms with Crippen LogP contribution in [0.5, 0.6) is 5.75 Å². The van der Waals surface area contributed by atoms with E-state index in [1.807, 2.05) is 35.8 Å². The molecule has 27 heavy (non-hydrogen) atoms. The summed E-state index contributed by atoms with van der Waals surface area (Å²) in [4.78, 5) is 12.7. The van der Waals surface area contributed by atoms with Crippen LogP contribution in [0.4, 0.5) is 0 Å². The van der Waals surface area contributed by atoms with Gasteiger partial charge >= 0.3 is 0 Å². The minimum Gasteiger partial charge on any atom is -0.497 e. The second-order valence-electron chi connectivity index (χ2n) is 7.33. The maximum atomic E-state index is 12.7. The van der Waals surface area contributed by atoms with Crippen LogP contribution in [0.25, 0.3) is 5.69 Å². The van der Waals surface area contributed by atoms with E-state index in [2.05, 4.69) is 29.4 Å². The minimum absolute atomic E-state index is 0.0612. The number of amides is 1. The van der Waals surface area contributed by atoms with Gasteiger partial charge in [0.2, 0.25) is 5.91 Å². The molecule has 1 aromatic carbocycles. The fraction of sp³-hybridized carbons (Fsp3) is 0.550. The summed E-state index contributed by atoms with van der Waals surface area (Å²) in [5.74, 6) is 2.00. The molecule has 0 radical (unpaired) electrons. The maximum Gasteiger partial charge on any atom is 0.233 e. The molecule has 1 saturated carbocycles. The molecule has 0 aliphatic heterocycles. The van der Waals surface area contributed by atoms with Crippen molar-refractivity contribution >= 4 is 17.7 Å². The van der Waals surface area contributed by atoms with Crippen molar-refractivity contribution < 1.29 is 9.53 Å². The first-order valence-electron chi connectivity index (χ1n) is 9.51. The number of carbonyl (C=O) groups excluding carboxylic acids is 1. The fourth-order valence-corrected chi connectivity index (χ4v) is 4.39. The smallest absolute Gasteiger partial charge is 0.233 e. The summed E-state index contributed by atoms with van der Waals surface area (Å²) in [5, 5.41) is 11.9. The number of nitrogens with zero attached hydrogens (tertiary/aromatic N) is 3. The third-order valence-electron chi connectivity index (χ3n) is 5.53. The molecule has 0 unspecified atom stereocenters. The quantitative estimate of drug-likeness (QED) is 0.764. The van der Waals surface area contributed by atoms with Crippen LogP contribution < -0.4 is 10.1 Å². The SMILES string of the molecule is COc1cccc(-n2cnnc2S[C@H](C)C(=O)N[C@H]2CCC[C@@H](C)[C@H]2C)c1. The lowest BCUT2D eigenvalue weighted by Crippen LogP contribution is -2.46. The molecule has 4 atom stereocenters. The van der Waals surface area contributed by atoms with Crippen molar-refractivity contribution in [2.45, 2.75) is 56.5 Å². The molecule has 0 spiro atoms. The molecular weight excluding hydrogens is 360 g/mol. The predicted octanol–water partition coefficient (Wildman–Crippen LogP) is 3.70. The highest BCUT2D eigenvalue weighted by Gasteiger charge is 2.29. The van der Waals surface area contributed by atoms with Crippen LogP contribution in [0.2, 0.25) is 0 Å². The number of aromatic nitrogens is 3. The van der Waals surface area contributed by atoms with Gasteiger partial charge in [-0.25, -0.2) is 0 Å². The largest absolute Gasteiger partial charge is 0.497 e. The molecule has 7 heteroatoms. The average molecular weight is 389 g/mol. The molecule has 1 aliphatic rings. The van der Waals surface area contributed by atoms with E-state index in [1.54, 1.807) is 13.4 Å². The lowest BCUT2D eigenvalue weighted by molar-refractivity contribution is -0.121. The van der Waals surface area contributed by atoms with Crippen LogP contribution in [0, 0.1) is 11.8 Å². The van der Waals surface area contributed by atoms with E-state index in [-0.39, 0.29) is 17.2 Å². The van der Waals surface area contributed by atoms with E-state index >= 15 is 0 Å². The van der Waals surface area contributed by atoms with E-state index in [9.17, 15) is 4.79 Å². The number of ether oxygens (including phenoxy) is 1. The van der Waals surface area contributed by atoms with Crippen molar-refractivity contribution in [1.29, 1.82) is 0 Å². The summed E-state index contributed by atoms with van der Waals surface area (Å²) in [6, 6.07) is 7.96. The highest BCUT2D eigenvalue weighted by molar-refractivity contribution is 8.00. The Morgan fingerprint density at radius 3 is 2.96 bits per heavy atom. The van der Waals surface area contributed by atoms with E-state index in [1.165, 1.54) is 24.6 Å². The Balaban J connectivity index is 1.67. The molecule has 3 rings (SSSR count). The van der Waals surface area contributed by atoms with Crippen molar-refractivity contribution in [1.82, 2.24) is 20.1 Å². The first-order valence-corrected chi connectivity index (χ1v) is 10.4. The van der Waals surface area contributed by atoms with E-state index < -0.39 is 0 Å². The summed E-state index contributed by atoms with van der Waals surface area (Å²) in [6.07, 6.45) is 5.16. The van der Waals surface area contributed by atoms with E-state index in [4.69, 9.17) is 4.74 Å². The van der Waals surface area contributed by atoms with Crippen molar-refractivity contribution in [3.05, 3.63) is 30.6 Å². The molecule has 2 aromatic rings. The van der Waals surface area contributed by atoms with Gasteiger partial charge in [-0.1, -0.05) is 44.5 Å². The molecule has 1 N–H and O–H groups in total. The van der Waals surface area contributed by atoms with Gasteiger partial charge in [0.05, 0.1) is 18.0 Å². The number of nitrogens with one attached hydrogen (secondary N) is 1. The van der Waals surface area contributed by atoms with Gasteiger partial charge in [-0.2, -0.15) is 0 Å². The summed E-state index contributed by atoms with van der Waals surface area (Å²) < 4.78 is 7.17. The van der Waals surface area contributed by atoms with Gasteiger partial charge < -0.3 is 10.1 Å². The molecule has 1 amide bonds. The third-order valence-corrected chi connectivity index (χ3v) is 6.59. The normalized spacial score (nSPS) is 23.6. The fourth-order valence-electron chi connectivity index (χ4n) is 3.54. The summed E-state index contributed by atoms with van der Waals surface area (Å²) in [5.41, 5.74) is 0.907. The second kappa shape index (κ2) is 8.78. The van der Waals surface area contributed by atoms with Crippen molar-refractivity contribution in [3.63, 3.8) is 0 Å². The number of rotatable bonds is 6. The molecule has 1 heterocycles. The van der Waals surface area contributed by atoms with Crippen LogP contribution >= 0.6 is 11.8 Å². The molecule has 1 aromatic heterocycles. The third kappa shape index (κ3) is 4.64. The maximum absolute atomic E-state index is 12.7. The van der Waals surface area contributed by atoms with E-state index in [0.717, 1.165) is 17.9 Å². The number of benzene rings is 1. The molecule has 146 valence electrons. The van der Waals surface area contributed by atoms with Gasteiger partial charge in [0, 0.05) is 12.1 Å². The Labute approximate surface area is 165 Å². The van der Waals surface area contributed by atoms with Gasteiger partial charge in [0.25, 0.3) is 0 Å². The number of methoxy groups -OCH3 is 1. The monoisotopic (exact) mass is 388 g/mol. The lowest BCUT2D eigenvalue weighted by Gasteiger charge is -2.35. The average Bonchev–Trinajstić information content (AvgIpc) is 3.13. The van der Waals surface area contributed by atoms with Gasteiger partial charge in [-0.3, -0.25) is 9.36 Å². The van der Waals surface area contributed by atoms with Crippen molar-refractivity contribution in [2.75, 3.05) is 7.11 Å². The standard InChI is InChI=1S/C20H28N4O2S/c1-13-7-5-10-18(14(13)2)22-19(25)15(3)27-20-23-21-12-24(20)16-8-6-9-17(11-16)26-4/h6,8-9,11-15,18H,5,7,10H2,1-4H3,(H,22,25)/t13-,14-,15-,18+/m1/s1. The van der Waals surface area contributed by atoms with Gasteiger partial charge in [0.1, 0.15) is 12.1 Å². The summed E-state index contributed by atoms with van der Waals surface area (Å²) in [6.45, 7) is 6.44. The van der Waals surface area contributed by atoms with Gasteiger partial charge in [-0.05, 0) is 37.3 Å². The number of hydrogen-bond donors (Lipinski definition) is 1. The Bertz CT molecular complexity index is 779.